The maximum absolute atomic E-state index is 13.5. The predicted octanol–water partition coefficient (Wildman–Crippen LogP) is 2.65. The summed E-state index contributed by atoms with van der Waals surface area (Å²) in [6.07, 6.45) is 6.61. The summed E-state index contributed by atoms with van der Waals surface area (Å²) in [5.74, 6) is 1.19. The minimum atomic E-state index is -3.65. The molecule has 1 N–H and O–H groups in total. The summed E-state index contributed by atoms with van der Waals surface area (Å²) in [4.78, 5) is 17.9. The maximum atomic E-state index is 13.5. The number of hydrogen-bond donors (Lipinski definition) is 1. The summed E-state index contributed by atoms with van der Waals surface area (Å²) in [6, 6.07) is 7.16. The standard InChI is InChI=1S/C24H30N4O4S/c1-26(2)17-9-11-28(13-17)33(30,31)18-6-7-22(32-15-16-4-5-16)20(12-18)21-14-27(3)24(29)23-19(21)8-10-25-23/h6-8,10,12,14,16-17,25H,4-5,9,11,13,15H2,1-3H3. The first-order valence-electron chi connectivity index (χ1n) is 11.4. The lowest BCUT2D eigenvalue weighted by atomic mass is 10.0. The Labute approximate surface area is 193 Å². The number of likely N-dealkylation sites (N-methyl/N-ethyl adjacent to an activating group) is 1. The first-order chi connectivity index (χ1) is 15.8. The molecule has 176 valence electrons. The van der Waals surface area contributed by atoms with E-state index in [0.717, 1.165) is 30.2 Å². The van der Waals surface area contributed by atoms with E-state index in [1.165, 1.54) is 4.57 Å². The van der Waals surface area contributed by atoms with Crippen LogP contribution in [0, 0.1) is 5.92 Å². The second kappa shape index (κ2) is 8.30. The summed E-state index contributed by atoms with van der Waals surface area (Å²) >= 11 is 0. The fourth-order valence-electron chi connectivity index (χ4n) is 4.48. The quantitative estimate of drug-likeness (QED) is 0.574. The van der Waals surface area contributed by atoms with Gasteiger partial charge < -0.3 is 19.2 Å². The molecule has 1 aliphatic heterocycles. The van der Waals surface area contributed by atoms with Crippen LogP contribution < -0.4 is 10.3 Å². The number of nitrogens with one attached hydrogen (secondary N) is 1. The normalized spacial score (nSPS) is 19.6. The largest absolute Gasteiger partial charge is 0.493 e. The summed E-state index contributed by atoms with van der Waals surface area (Å²) in [5, 5.41) is 0.748. The Bertz CT molecular complexity index is 1350. The molecule has 1 saturated heterocycles. The van der Waals surface area contributed by atoms with Gasteiger partial charge in [-0.15, -0.1) is 0 Å². The van der Waals surface area contributed by atoms with Crippen molar-refractivity contribution in [1.29, 1.82) is 0 Å². The minimum Gasteiger partial charge on any atom is -0.493 e. The van der Waals surface area contributed by atoms with Crippen LogP contribution in [-0.4, -0.2) is 67.0 Å². The van der Waals surface area contributed by atoms with Crippen LogP contribution in [0.15, 0.2) is 46.3 Å². The Hall–Kier alpha value is -2.62. The topological polar surface area (TPSA) is 87.6 Å². The van der Waals surface area contributed by atoms with Crippen molar-refractivity contribution in [1.82, 2.24) is 18.8 Å². The van der Waals surface area contributed by atoms with Crippen molar-refractivity contribution in [2.75, 3.05) is 33.8 Å². The molecule has 1 atom stereocenters. The van der Waals surface area contributed by atoms with Gasteiger partial charge in [-0.05, 0) is 63.5 Å². The average molecular weight is 471 g/mol. The SMILES string of the molecule is CN(C)C1CCN(S(=O)(=O)c2ccc(OCC3CC3)c(-c3cn(C)c(=O)c4[nH]ccc34)c2)C1. The van der Waals surface area contributed by atoms with Gasteiger partial charge in [0.1, 0.15) is 11.3 Å². The van der Waals surface area contributed by atoms with Crippen LogP contribution >= 0.6 is 0 Å². The first-order valence-corrected chi connectivity index (χ1v) is 12.8. The number of H-pyrrole nitrogens is 1. The van der Waals surface area contributed by atoms with Gasteiger partial charge in [-0.2, -0.15) is 4.31 Å². The lowest BCUT2D eigenvalue weighted by Gasteiger charge is -2.21. The second-order valence-electron chi connectivity index (χ2n) is 9.41. The monoisotopic (exact) mass is 470 g/mol. The summed E-state index contributed by atoms with van der Waals surface area (Å²) in [7, 11) is 2.00. The van der Waals surface area contributed by atoms with Gasteiger partial charge in [0, 0.05) is 55.1 Å². The van der Waals surface area contributed by atoms with Gasteiger partial charge in [-0.25, -0.2) is 8.42 Å². The number of rotatable bonds is 7. The molecule has 0 amide bonds. The molecule has 1 aromatic carbocycles. The molecular weight excluding hydrogens is 440 g/mol. The van der Waals surface area contributed by atoms with E-state index < -0.39 is 10.0 Å². The summed E-state index contributed by atoms with van der Waals surface area (Å²) in [5.41, 5.74) is 1.81. The van der Waals surface area contributed by atoms with Crippen LogP contribution in [0.5, 0.6) is 5.75 Å². The van der Waals surface area contributed by atoms with E-state index in [-0.39, 0.29) is 16.5 Å². The lowest BCUT2D eigenvalue weighted by Crippen LogP contribution is -2.34. The number of ether oxygens (including phenoxy) is 1. The Kier molecular flexibility index (Phi) is 5.58. The molecule has 0 spiro atoms. The fourth-order valence-corrected chi connectivity index (χ4v) is 6.00. The highest BCUT2D eigenvalue weighted by Crippen LogP contribution is 2.38. The van der Waals surface area contributed by atoms with Crippen molar-refractivity contribution < 1.29 is 13.2 Å². The number of aromatic nitrogens is 2. The Morgan fingerprint density at radius 1 is 1.15 bits per heavy atom. The van der Waals surface area contributed by atoms with Crippen molar-refractivity contribution in [2.45, 2.75) is 30.2 Å². The van der Waals surface area contributed by atoms with E-state index in [1.807, 2.05) is 20.2 Å². The highest BCUT2D eigenvalue weighted by molar-refractivity contribution is 7.89. The van der Waals surface area contributed by atoms with E-state index in [4.69, 9.17) is 4.74 Å². The highest BCUT2D eigenvalue weighted by atomic mass is 32.2. The summed E-state index contributed by atoms with van der Waals surface area (Å²) in [6.45, 7) is 1.59. The van der Waals surface area contributed by atoms with E-state index in [2.05, 4.69) is 9.88 Å². The lowest BCUT2D eigenvalue weighted by molar-refractivity contribution is 0.300. The van der Waals surface area contributed by atoms with Crippen molar-refractivity contribution in [2.24, 2.45) is 13.0 Å². The molecule has 1 saturated carbocycles. The Morgan fingerprint density at radius 2 is 1.94 bits per heavy atom. The van der Waals surface area contributed by atoms with Crippen LogP contribution in [0.25, 0.3) is 22.0 Å². The van der Waals surface area contributed by atoms with Gasteiger partial charge in [0.15, 0.2) is 0 Å². The Morgan fingerprint density at radius 3 is 2.64 bits per heavy atom. The van der Waals surface area contributed by atoms with Crippen molar-refractivity contribution in [3.05, 3.63) is 47.0 Å². The van der Waals surface area contributed by atoms with Gasteiger partial charge in [-0.1, -0.05) is 0 Å². The number of pyridine rings is 1. The zero-order chi connectivity index (χ0) is 23.3. The molecule has 3 aromatic rings. The zero-order valence-electron chi connectivity index (χ0n) is 19.2. The molecule has 8 nitrogen and oxygen atoms in total. The third-order valence-corrected chi connectivity index (χ3v) is 8.66. The number of aromatic amines is 1. The molecular formula is C24H30N4O4S. The molecule has 33 heavy (non-hydrogen) atoms. The maximum Gasteiger partial charge on any atom is 0.274 e. The van der Waals surface area contributed by atoms with Crippen molar-refractivity contribution in [3.63, 3.8) is 0 Å². The number of aryl methyl sites for hydroxylation is 1. The Balaban J connectivity index is 1.60. The van der Waals surface area contributed by atoms with Gasteiger partial charge >= 0.3 is 0 Å². The van der Waals surface area contributed by atoms with Gasteiger partial charge in [0.05, 0.1) is 11.5 Å². The van der Waals surface area contributed by atoms with E-state index in [1.54, 1.807) is 41.9 Å². The number of hydrogen-bond acceptors (Lipinski definition) is 5. The summed E-state index contributed by atoms with van der Waals surface area (Å²) < 4.78 is 36.2. The average Bonchev–Trinajstić information content (AvgIpc) is 3.25. The van der Waals surface area contributed by atoms with Crippen LogP contribution in [0.1, 0.15) is 19.3 Å². The van der Waals surface area contributed by atoms with E-state index in [9.17, 15) is 13.2 Å². The molecule has 1 unspecified atom stereocenters. The van der Waals surface area contributed by atoms with Gasteiger partial charge in [-0.3, -0.25) is 4.79 Å². The van der Waals surface area contributed by atoms with E-state index >= 15 is 0 Å². The van der Waals surface area contributed by atoms with Crippen LogP contribution in [0.3, 0.4) is 0 Å². The van der Waals surface area contributed by atoms with E-state index in [0.29, 0.717) is 42.4 Å². The molecule has 1 aliphatic carbocycles. The molecule has 2 fully saturated rings. The second-order valence-corrected chi connectivity index (χ2v) is 11.3. The molecule has 2 aromatic heterocycles. The molecule has 0 bridgehead atoms. The highest BCUT2D eigenvalue weighted by Gasteiger charge is 2.34. The molecule has 3 heterocycles. The molecule has 9 heteroatoms. The van der Waals surface area contributed by atoms with Crippen LogP contribution in [-0.2, 0) is 17.1 Å². The van der Waals surface area contributed by atoms with Crippen LogP contribution in [0.2, 0.25) is 0 Å². The predicted molar refractivity (Wildman–Crippen MR) is 128 cm³/mol. The first kappa shape index (κ1) is 22.2. The number of benzene rings is 1. The number of fused-ring (bicyclic) bond motifs is 1. The van der Waals surface area contributed by atoms with Crippen molar-refractivity contribution in [3.8, 4) is 16.9 Å². The number of nitrogens with zero attached hydrogens (tertiary/aromatic N) is 3. The zero-order valence-corrected chi connectivity index (χ0v) is 20.1. The minimum absolute atomic E-state index is 0.130. The van der Waals surface area contributed by atoms with Gasteiger partial charge in [0.2, 0.25) is 10.0 Å². The van der Waals surface area contributed by atoms with Gasteiger partial charge in [0.25, 0.3) is 5.56 Å². The third-order valence-electron chi connectivity index (χ3n) is 6.80. The molecule has 2 aliphatic rings. The van der Waals surface area contributed by atoms with Crippen LogP contribution in [0.4, 0.5) is 0 Å². The van der Waals surface area contributed by atoms with Crippen molar-refractivity contribution >= 4 is 20.9 Å². The third kappa shape index (κ3) is 4.09. The molecule has 5 rings (SSSR count). The fraction of sp³-hybridized carbons (Fsp3) is 0.458. The smallest absolute Gasteiger partial charge is 0.274 e. The molecule has 0 radical (unpaired) electrons. The number of sulfonamides is 1.